The zero-order valence-electron chi connectivity index (χ0n) is 13.2. The first kappa shape index (κ1) is 15.8. The van der Waals surface area contributed by atoms with Gasteiger partial charge in [-0.2, -0.15) is 0 Å². The Morgan fingerprint density at radius 1 is 1.35 bits per heavy atom. The number of nitrogens with zero attached hydrogens (tertiary/aromatic N) is 1. The number of hydrogen-bond donors (Lipinski definition) is 2. The van der Waals surface area contributed by atoms with Gasteiger partial charge in [0, 0.05) is 25.2 Å². The summed E-state index contributed by atoms with van der Waals surface area (Å²) in [6.45, 7) is 7.22. The summed E-state index contributed by atoms with van der Waals surface area (Å²) in [7, 11) is 0. The minimum absolute atomic E-state index is 0.0167. The summed E-state index contributed by atoms with van der Waals surface area (Å²) in [6.07, 6.45) is 8.62. The van der Waals surface area contributed by atoms with Gasteiger partial charge in [0.1, 0.15) is 0 Å². The van der Waals surface area contributed by atoms with E-state index in [1.807, 2.05) is 0 Å². The van der Waals surface area contributed by atoms with E-state index in [1.54, 1.807) is 0 Å². The second kappa shape index (κ2) is 7.99. The lowest BCUT2D eigenvalue weighted by Gasteiger charge is -2.34. The minimum atomic E-state index is 0.0167. The van der Waals surface area contributed by atoms with Crippen LogP contribution in [0.3, 0.4) is 0 Å². The van der Waals surface area contributed by atoms with Gasteiger partial charge in [-0.15, -0.1) is 0 Å². The molecule has 4 heteroatoms. The van der Waals surface area contributed by atoms with Gasteiger partial charge in [0.05, 0.1) is 6.04 Å². The van der Waals surface area contributed by atoms with Gasteiger partial charge in [0.15, 0.2) is 0 Å². The van der Waals surface area contributed by atoms with Crippen molar-refractivity contribution in [3.05, 3.63) is 0 Å². The Morgan fingerprint density at radius 2 is 2.15 bits per heavy atom. The average molecular weight is 281 g/mol. The Balaban J connectivity index is 1.81. The molecule has 0 aromatic carbocycles. The number of amides is 1. The van der Waals surface area contributed by atoms with Crippen molar-refractivity contribution in [2.45, 2.75) is 76.9 Å². The molecule has 0 aromatic rings. The number of piperidine rings is 1. The Hall–Kier alpha value is -0.610. The molecule has 2 rings (SSSR count). The second-order valence-corrected chi connectivity index (χ2v) is 6.40. The van der Waals surface area contributed by atoms with Crippen LogP contribution in [-0.2, 0) is 4.79 Å². The number of carbonyl (C=O) groups excluding carboxylic acids is 1. The van der Waals surface area contributed by atoms with Crippen molar-refractivity contribution in [1.29, 1.82) is 0 Å². The van der Waals surface area contributed by atoms with Crippen LogP contribution in [0.25, 0.3) is 0 Å². The van der Waals surface area contributed by atoms with Crippen molar-refractivity contribution in [3.63, 3.8) is 0 Å². The van der Waals surface area contributed by atoms with Gasteiger partial charge in [-0.05, 0) is 45.6 Å². The van der Waals surface area contributed by atoms with E-state index in [0.29, 0.717) is 12.1 Å². The molecule has 0 spiro atoms. The number of rotatable bonds is 8. The zero-order valence-corrected chi connectivity index (χ0v) is 13.2. The van der Waals surface area contributed by atoms with Gasteiger partial charge in [0.25, 0.3) is 0 Å². The van der Waals surface area contributed by atoms with Crippen molar-refractivity contribution >= 4 is 5.91 Å². The number of hydrogen-bond acceptors (Lipinski definition) is 3. The zero-order chi connectivity index (χ0) is 14.4. The molecule has 0 aromatic heterocycles. The SMILES string of the molecule is CCCCNC(=O)C(C)N(CC1CCCCN1)C1CC1. The highest BCUT2D eigenvalue weighted by molar-refractivity contribution is 5.81. The van der Waals surface area contributed by atoms with Crippen molar-refractivity contribution in [1.82, 2.24) is 15.5 Å². The van der Waals surface area contributed by atoms with Crippen LogP contribution in [0.5, 0.6) is 0 Å². The van der Waals surface area contributed by atoms with E-state index in [9.17, 15) is 4.79 Å². The quantitative estimate of drug-likeness (QED) is 0.668. The van der Waals surface area contributed by atoms with E-state index in [2.05, 4.69) is 29.4 Å². The van der Waals surface area contributed by atoms with Crippen molar-refractivity contribution in [2.24, 2.45) is 0 Å². The van der Waals surface area contributed by atoms with Gasteiger partial charge in [-0.3, -0.25) is 9.69 Å². The monoisotopic (exact) mass is 281 g/mol. The van der Waals surface area contributed by atoms with Gasteiger partial charge >= 0.3 is 0 Å². The van der Waals surface area contributed by atoms with E-state index in [-0.39, 0.29) is 11.9 Å². The molecule has 2 atom stereocenters. The number of unbranched alkanes of at least 4 members (excludes halogenated alkanes) is 1. The van der Waals surface area contributed by atoms with Gasteiger partial charge in [-0.25, -0.2) is 0 Å². The van der Waals surface area contributed by atoms with Crippen LogP contribution in [0.1, 0.15) is 58.8 Å². The fourth-order valence-corrected chi connectivity index (χ4v) is 3.05. The van der Waals surface area contributed by atoms with Crippen LogP contribution < -0.4 is 10.6 Å². The third-order valence-corrected chi connectivity index (χ3v) is 4.57. The lowest BCUT2D eigenvalue weighted by atomic mass is 10.0. The fourth-order valence-electron chi connectivity index (χ4n) is 3.05. The molecule has 4 nitrogen and oxygen atoms in total. The molecule has 2 N–H and O–H groups in total. The molecule has 1 aliphatic heterocycles. The van der Waals surface area contributed by atoms with Crippen LogP contribution in [0, 0.1) is 0 Å². The lowest BCUT2D eigenvalue weighted by molar-refractivity contribution is -0.126. The van der Waals surface area contributed by atoms with Gasteiger partial charge in [0.2, 0.25) is 5.91 Å². The summed E-state index contributed by atoms with van der Waals surface area (Å²) in [6, 6.07) is 1.24. The van der Waals surface area contributed by atoms with Gasteiger partial charge in [-0.1, -0.05) is 19.8 Å². The Morgan fingerprint density at radius 3 is 2.75 bits per heavy atom. The maximum Gasteiger partial charge on any atom is 0.237 e. The van der Waals surface area contributed by atoms with E-state index >= 15 is 0 Å². The molecule has 1 amide bonds. The van der Waals surface area contributed by atoms with Crippen molar-refractivity contribution in [3.8, 4) is 0 Å². The second-order valence-electron chi connectivity index (χ2n) is 6.40. The van der Waals surface area contributed by atoms with E-state index in [1.165, 1.54) is 32.1 Å². The molecule has 2 aliphatic rings. The third-order valence-electron chi connectivity index (χ3n) is 4.57. The summed E-state index contributed by atoms with van der Waals surface area (Å²) < 4.78 is 0. The van der Waals surface area contributed by atoms with E-state index in [4.69, 9.17) is 0 Å². The lowest BCUT2D eigenvalue weighted by Crippen LogP contribution is -2.52. The average Bonchev–Trinajstić information content (AvgIpc) is 3.30. The van der Waals surface area contributed by atoms with E-state index < -0.39 is 0 Å². The maximum absolute atomic E-state index is 12.3. The van der Waals surface area contributed by atoms with Crippen LogP contribution in [0.15, 0.2) is 0 Å². The molecular weight excluding hydrogens is 250 g/mol. The Labute approximate surface area is 123 Å². The van der Waals surface area contributed by atoms with E-state index in [0.717, 1.165) is 32.5 Å². The normalized spacial score (nSPS) is 24.6. The fraction of sp³-hybridized carbons (Fsp3) is 0.938. The summed E-state index contributed by atoms with van der Waals surface area (Å²) in [4.78, 5) is 14.7. The van der Waals surface area contributed by atoms with Gasteiger partial charge < -0.3 is 10.6 Å². The topological polar surface area (TPSA) is 44.4 Å². The molecule has 1 heterocycles. The summed E-state index contributed by atoms with van der Waals surface area (Å²) in [5, 5.41) is 6.69. The highest BCUT2D eigenvalue weighted by Gasteiger charge is 2.36. The first-order valence-electron chi connectivity index (χ1n) is 8.49. The summed E-state index contributed by atoms with van der Waals surface area (Å²) >= 11 is 0. The molecule has 0 radical (unpaired) electrons. The molecule has 1 aliphatic carbocycles. The van der Waals surface area contributed by atoms with Crippen LogP contribution in [0.4, 0.5) is 0 Å². The first-order chi connectivity index (χ1) is 9.72. The van der Waals surface area contributed by atoms with Crippen LogP contribution in [0.2, 0.25) is 0 Å². The number of carbonyl (C=O) groups is 1. The molecule has 2 unspecified atom stereocenters. The summed E-state index contributed by atoms with van der Waals surface area (Å²) in [5.41, 5.74) is 0. The predicted molar refractivity (Wildman–Crippen MR) is 82.7 cm³/mol. The van der Waals surface area contributed by atoms with Crippen molar-refractivity contribution in [2.75, 3.05) is 19.6 Å². The minimum Gasteiger partial charge on any atom is -0.355 e. The standard InChI is InChI=1S/C16H31N3O/c1-3-4-10-18-16(20)13(2)19(15-8-9-15)12-14-7-5-6-11-17-14/h13-15,17H,3-12H2,1-2H3,(H,18,20). The number of nitrogens with one attached hydrogen (secondary N) is 2. The smallest absolute Gasteiger partial charge is 0.237 e. The molecule has 0 bridgehead atoms. The van der Waals surface area contributed by atoms with Crippen LogP contribution >= 0.6 is 0 Å². The summed E-state index contributed by atoms with van der Waals surface area (Å²) in [5.74, 6) is 0.209. The maximum atomic E-state index is 12.3. The molecular formula is C16H31N3O. The van der Waals surface area contributed by atoms with Crippen molar-refractivity contribution < 1.29 is 4.79 Å². The molecule has 2 fully saturated rings. The highest BCUT2D eigenvalue weighted by Crippen LogP contribution is 2.29. The Kier molecular flexibility index (Phi) is 6.30. The van der Waals surface area contributed by atoms with Crippen LogP contribution in [-0.4, -0.2) is 48.6 Å². The predicted octanol–water partition coefficient (Wildman–Crippen LogP) is 1.90. The third kappa shape index (κ3) is 4.74. The largest absolute Gasteiger partial charge is 0.355 e. The Bertz CT molecular complexity index is 298. The highest BCUT2D eigenvalue weighted by atomic mass is 16.2. The molecule has 1 saturated heterocycles. The molecule has 116 valence electrons. The first-order valence-corrected chi connectivity index (χ1v) is 8.49. The molecule has 20 heavy (non-hydrogen) atoms. The molecule has 1 saturated carbocycles.